The Morgan fingerprint density at radius 3 is 2.83 bits per heavy atom. The van der Waals surface area contributed by atoms with Crippen molar-refractivity contribution in [3.8, 4) is 17.3 Å². The molecule has 1 aromatic carbocycles. The van der Waals surface area contributed by atoms with E-state index in [1.54, 1.807) is 6.92 Å². The van der Waals surface area contributed by atoms with E-state index >= 15 is 0 Å². The molecule has 0 amide bonds. The summed E-state index contributed by atoms with van der Waals surface area (Å²) in [4.78, 5) is 11.0. The molecule has 23 heavy (non-hydrogen) atoms. The summed E-state index contributed by atoms with van der Waals surface area (Å²) in [6, 6.07) is 4.57. The summed E-state index contributed by atoms with van der Waals surface area (Å²) in [6.07, 6.45) is -2.92. The van der Waals surface area contributed by atoms with Crippen LogP contribution in [0.5, 0.6) is 5.75 Å². The van der Waals surface area contributed by atoms with Crippen molar-refractivity contribution in [1.29, 1.82) is 0 Å². The topological polar surface area (TPSA) is 76.8 Å². The number of alkyl halides is 3. The van der Waals surface area contributed by atoms with Gasteiger partial charge in [0.15, 0.2) is 6.61 Å². The highest BCUT2D eigenvalue weighted by Crippen LogP contribution is 2.31. The number of benzene rings is 1. The average Bonchev–Trinajstić information content (AvgIpc) is 3.13. The molecule has 0 saturated heterocycles. The second-order valence-electron chi connectivity index (χ2n) is 4.70. The van der Waals surface area contributed by atoms with E-state index in [1.165, 1.54) is 18.5 Å². The molecule has 120 valence electrons. The average molecular weight is 324 g/mol. The molecule has 0 saturated carbocycles. The quantitative estimate of drug-likeness (QED) is 0.796. The van der Waals surface area contributed by atoms with Crippen LogP contribution in [0.15, 0.2) is 35.1 Å². The van der Waals surface area contributed by atoms with Crippen LogP contribution < -0.4 is 4.74 Å². The molecule has 0 atom stereocenters. The van der Waals surface area contributed by atoms with Gasteiger partial charge < -0.3 is 14.2 Å². The van der Waals surface area contributed by atoms with Gasteiger partial charge in [0.2, 0.25) is 5.82 Å². The van der Waals surface area contributed by atoms with E-state index < -0.39 is 11.7 Å². The first-order valence-electron chi connectivity index (χ1n) is 6.56. The fraction of sp³-hybridized carbons (Fsp3) is 0.214. The molecule has 0 aliphatic rings. The summed E-state index contributed by atoms with van der Waals surface area (Å²) in [7, 11) is 0. The number of ether oxygens (including phenoxy) is 1. The maximum Gasteiger partial charge on any atom is 0.416 e. The zero-order chi connectivity index (χ0) is 16.4. The summed E-state index contributed by atoms with van der Waals surface area (Å²) in [5, 5.41) is 3.76. The van der Waals surface area contributed by atoms with E-state index in [2.05, 4.69) is 20.1 Å². The molecule has 1 N–H and O–H groups in total. The molecule has 2 heterocycles. The number of nitrogens with zero attached hydrogens (tertiary/aromatic N) is 3. The van der Waals surface area contributed by atoms with E-state index in [0.29, 0.717) is 5.69 Å². The molecule has 0 radical (unpaired) electrons. The van der Waals surface area contributed by atoms with E-state index in [4.69, 9.17) is 9.26 Å². The summed E-state index contributed by atoms with van der Waals surface area (Å²) in [5.41, 5.74) is 0.531. The van der Waals surface area contributed by atoms with E-state index in [1.807, 2.05) is 0 Å². The molecule has 0 fully saturated rings. The molecule has 3 rings (SSSR count). The first-order chi connectivity index (χ1) is 10.9. The van der Waals surface area contributed by atoms with Crippen molar-refractivity contribution in [2.45, 2.75) is 19.7 Å². The van der Waals surface area contributed by atoms with Crippen molar-refractivity contribution >= 4 is 0 Å². The molecule has 0 aliphatic heterocycles. The van der Waals surface area contributed by atoms with Gasteiger partial charge in [0, 0.05) is 5.69 Å². The standard InChI is InChI=1S/C14H11F3N4O2/c1-8-12(19-7-18-8)13-20-11(23-21-13)6-22-10-4-2-3-9(5-10)14(15,16)17/h2-5,7H,6H2,1H3,(H,18,19). The zero-order valence-electron chi connectivity index (χ0n) is 11.9. The van der Waals surface area contributed by atoms with Crippen LogP contribution >= 0.6 is 0 Å². The second kappa shape index (κ2) is 5.75. The Labute approximate surface area is 128 Å². The summed E-state index contributed by atoms with van der Waals surface area (Å²) in [5.74, 6) is 0.488. The molecule has 9 heteroatoms. The predicted molar refractivity (Wildman–Crippen MR) is 72.4 cm³/mol. The lowest BCUT2D eigenvalue weighted by Crippen LogP contribution is -2.05. The number of H-pyrrole nitrogens is 1. The Morgan fingerprint density at radius 2 is 2.13 bits per heavy atom. The van der Waals surface area contributed by atoms with Crippen molar-refractivity contribution in [1.82, 2.24) is 20.1 Å². The van der Waals surface area contributed by atoms with Gasteiger partial charge >= 0.3 is 6.18 Å². The molecule has 6 nitrogen and oxygen atoms in total. The van der Waals surface area contributed by atoms with Gasteiger partial charge in [0.25, 0.3) is 5.89 Å². The predicted octanol–water partition coefficient (Wildman–Crippen LogP) is 3.37. The molecule has 2 aromatic heterocycles. The highest BCUT2D eigenvalue weighted by molar-refractivity contribution is 5.50. The number of aromatic nitrogens is 4. The molecule has 0 bridgehead atoms. The van der Waals surface area contributed by atoms with Gasteiger partial charge in [0.05, 0.1) is 11.9 Å². The van der Waals surface area contributed by atoms with Crippen LogP contribution in [0.4, 0.5) is 13.2 Å². The Kier molecular flexibility index (Phi) is 3.77. The van der Waals surface area contributed by atoms with Gasteiger partial charge in [-0.05, 0) is 25.1 Å². The lowest BCUT2D eigenvalue weighted by atomic mass is 10.2. The lowest BCUT2D eigenvalue weighted by molar-refractivity contribution is -0.137. The Bertz CT molecular complexity index is 810. The van der Waals surface area contributed by atoms with Crippen LogP contribution in [0.25, 0.3) is 11.5 Å². The third-order valence-corrected chi connectivity index (χ3v) is 3.03. The molecule has 0 unspecified atom stereocenters. The minimum Gasteiger partial charge on any atom is -0.484 e. The van der Waals surface area contributed by atoms with Crippen LogP contribution in [0.3, 0.4) is 0 Å². The third-order valence-electron chi connectivity index (χ3n) is 3.03. The number of aromatic amines is 1. The van der Waals surface area contributed by atoms with Gasteiger partial charge in [-0.15, -0.1) is 0 Å². The number of aryl methyl sites for hydroxylation is 1. The number of nitrogens with one attached hydrogen (secondary N) is 1. The summed E-state index contributed by atoms with van der Waals surface area (Å²) in [6.45, 7) is 1.66. The molecular weight excluding hydrogens is 313 g/mol. The largest absolute Gasteiger partial charge is 0.484 e. The van der Waals surface area contributed by atoms with E-state index in [0.717, 1.165) is 17.8 Å². The van der Waals surface area contributed by atoms with E-state index in [9.17, 15) is 13.2 Å². The molecule has 0 spiro atoms. The van der Waals surface area contributed by atoms with Crippen LogP contribution in [0, 0.1) is 6.92 Å². The maximum atomic E-state index is 12.6. The summed E-state index contributed by atoms with van der Waals surface area (Å²) < 4.78 is 48.1. The van der Waals surface area contributed by atoms with Crippen LogP contribution in [0.2, 0.25) is 0 Å². The molecular formula is C14H11F3N4O2. The Hall–Kier alpha value is -2.84. The summed E-state index contributed by atoms with van der Waals surface area (Å²) >= 11 is 0. The third kappa shape index (κ3) is 3.33. The fourth-order valence-corrected chi connectivity index (χ4v) is 1.90. The van der Waals surface area contributed by atoms with Gasteiger partial charge in [-0.2, -0.15) is 18.2 Å². The second-order valence-corrected chi connectivity index (χ2v) is 4.70. The number of hydrogen-bond acceptors (Lipinski definition) is 5. The number of hydrogen-bond donors (Lipinski definition) is 1. The van der Waals surface area contributed by atoms with Crippen LogP contribution in [-0.2, 0) is 12.8 Å². The Balaban J connectivity index is 1.70. The van der Waals surface area contributed by atoms with Crippen LogP contribution in [0.1, 0.15) is 17.1 Å². The van der Waals surface area contributed by atoms with Crippen molar-refractivity contribution in [3.05, 3.63) is 47.7 Å². The highest BCUT2D eigenvalue weighted by atomic mass is 19.4. The molecule has 0 aliphatic carbocycles. The van der Waals surface area contributed by atoms with Gasteiger partial charge in [-0.1, -0.05) is 11.2 Å². The van der Waals surface area contributed by atoms with Gasteiger partial charge in [0.1, 0.15) is 11.4 Å². The van der Waals surface area contributed by atoms with Crippen molar-refractivity contribution in [2.75, 3.05) is 0 Å². The lowest BCUT2D eigenvalue weighted by Gasteiger charge is -2.08. The monoisotopic (exact) mass is 324 g/mol. The number of rotatable bonds is 4. The van der Waals surface area contributed by atoms with Gasteiger partial charge in [-0.25, -0.2) is 4.98 Å². The zero-order valence-corrected chi connectivity index (χ0v) is 11.9. The molecule has 3 aromatic rings. The first kappa shape index (κ1) is 15.1. The van der Waals surface area contributed by atoms with E-state index in [-0.39, 0.29) is 24.1 Å². The van der Waals surface area contributed by atoms with Gasteiger partial charge in [-0.3, -0.25) is 0 Å². The normalized spacial score (nSPS) is 11.7. The van der Waals surface area contributed by atoms with Crippen molar-refractivity contribution in [2.24, 2.45) is 0 Å². The first-order valence-corrected chi connectivity index (χ1v) is 6.56. The number of imidazole rings is 1. The van der Waals surface area contributed by atoms with Crippen molar-refractivity contribution in [3.63, 3.8) is 0 Å². The minimum atomic E-state index is -4.42. The van der Waals surface area contributed by atoms with Crippen LogP contribution in [-0.4, -0.2) is 20.1 Å². The maximum absolute atomic E-state index is 12.6. The highest BCUT2D eigenvalue weighted by Gasteiger charge is 2.30. The smallest absolute Gasteiger partial charge is 0.416 e. The Morgan fingerprint density at radius 1 is 1.30 bits per heavy atom. The van der Waals surface area contributed by atoms with Crippen molar-refractivity contribution < 1.29 is 22.4 Å². The minimum absolute atomic E-state index is 0.0653. The number of halogens is 3. The SMILES string of the molecule is Cc1[nH]cnc1-c1noc(COc2cccc(C(F)(F)F)c2)n1. The fourth-order valence-electron chi connectivity index (χ4n) is 1.90.